The number of fused-ring (bicyclic) bond motifs is 3. The molecule has 1 amide bonds. The average molecular weight is 476 g/mol. The summed E-state index contributed by atoms with van der Waals surface area (Å²) in [6, 6.07) is 13.6. The number of primary amides is 1. The normalized spacial score (nSPS) is 17.4. The Labute approximate surface area is 200 Å². The Kier molecular flexibility index (Phi) is 5.36. The van der Waals surface area contributed by atoms with E-state index in [4.69, 9.17) is 15.7 Å². The van der Waals surface area contributed by atoms with Gasteiger partial charge in [-0.15, -0.1) is 22.7 Å². The summed E-state index contributed by atoms with van der Waals surface area (Å²) in [6.45, 7) is 3.12. The molecule has 33 heavy (non-hydrogen) atoms. The van der Waals surface area contributed by atoms with Crippen molar-refractivity contribution in [2.24, 2.45) is 5.73 Å². The highest BCUT2D eigenvalue weighted by atomic mass is 32.1. The van der Waals surface area contributed by atoms with E-state index in [0.717, 1.165) is 65.9 Å². The van der Waals surface area contributed by atoms with E-state index in [2.05, 4.69) is 21.2 Å². The zero-order valence-corrected chi connectivity index (χ0v) is 19.9. The summed E-state index contributed by atoms with van der Waals surface area (Å²) in [5.74, 6) is 1.57. The predicted octanol–water partition coefficient (Wildman–Crippen LogP) is 4.26. The number of carbonyl (C=O) groups excluding carboxylic acids is 1. The van der Waals surface area contributed by atoms with Crippen LogP contribution in [0.4, 0.5) is 5.82 Å². The Morgan fingerprint density at radius 1 is 1.00 bits per heavy atom. The molecule has 4 heterocycles. The molecule has 2 N–H and O–H groups in total. The van der Waals surface area contributed by atoms with Gasteiger partial charge in [-0.3, -0.25) is 9.69 Å². The van der Waals surface area contributed by atoms with Gasteiger partial charge in [0.2, 0.25) is 5.91 Å². The van der Waals surface area contributed by atoms with Gasteiger partial charge in [0.1, 0.15) is 16.7 Å². The molecular formula is C25H25N5OS2. The largest absolute Gasteiger partial charge is 0.368 e. The number of hydrogen-bond donors (Lipinski definition) is 1. The van der Waals surface area contributed by atoms with Crippen molar-refractivity contribution in [3.63, 3.8) is 0 Å². The number of nitrogens with zero attached hydrogens (tertiary/aromatic N) is 4. The smallest absolute Gasteiger partial charge is 0.239 e. The van der Waals surface area contributed by atoms with Crippen LogP contribution in [0.25, 0.3) is 20.9 Å². The van der Waals surface area contributed by atoms with E-state index in [1.54, 1.807) is 11.3 Å². The van der Waals surface area contributed by atoms with Gasteiger partial charge in [0.05, 0.1) is 10.3 Å². The van der Waals surface area contributed by atoms with Gasteiger partial charge in [0.25, 0.3) is 0 Å². The number of anilines is 1. The molecule has 1 aromatic carbocycles. The molecule has 0 bridgehead atoms. The lowest BCUT2D eigenvalue weighted by atomic mass is 10.0. The summed E-state index contributed by atoms with van der Waals surface area (Å²) in [7, 11) is 0. The van der Waals surface area contributed by atoms with Crippen LogP contribution in [0.15, 0.2) is 47.8 Å². The van der Waals surface area contributed by atoms with Gasteiger partial charge in [0.15, 0.2) is 5.82 Å². The van der Waals surface area contributed by atoms with Crippen molar-refractivity contribution >= 4 is 44.6 Å². The molecule has 3 aromatic heterocycles. The van der Waals surface area contributed by atoms with E-state index in [-0.39, 0.29) is 5.91 Å². The first kappa shape index (κ1) is 20.8. The molecule has 4 aromatic rings. The molecule has 1 aliphatic heterocycles. The highest BCUT2D eigenvalue weighted by Crippen LogP contribution is 2.42. The quantitative estimate of drug-likeness (QED) is 0.467. The van der Waals surface area contributed by atoms with Crippen LogP contribution in [0.1, 0.15) is 28.5 Å². The predicted molar refractivity (Wildman–Crippen MR) is 135 cm³/mol. The van der Waals surface area contributed by atoms with Crippen LogP contribution in [0.2, 0.25) is 0 Å². The number of amides is 1. The zero-order valence-electron chi connectivity index (χ0n) is 18.2. The number of rotatable bonds is 5. The topological polar surface area (TPSA) is 75.4 Å². The van der Waals surface area contributed by atoms with Crippen molar-refractivity contribution in [1.29, 1.82) is 0 Å². The van der Waals surface area contributed by atoms with Crippen LogP contribution >= 0.6 is 22.7 Å². The van der Waals surface area contributed by atoms with E-state index < -0.39 is 6.04 Å². The molecule has 8 heteroatoms. The molecule has 0 unspecified atom stereocenters. The molecular weight excluding hydrogens is 450 g/mol. The van der Waals surface area contributed by atoms with Gasteiger partial charge in [-0.1, -0.05) is 36.4 Å². The van der Waals surface area contributed by atoms with Crippen LogP contribution in [0.5, 0.6) is 0 Å². The standard InChI is InChI=1S/C25H25N5OS2/c26-22(31)21(16-6-2-1-3-7-16)29-11-13-30(14-12-29)24-20-17-8-4-9-18(17)33-25(20)28-23(27-24)19-10-5-15-32-19/h1-3,5-7,10,15,21H,4,8-9,11-14H2,(H2,26,31)/t21-/m1/s1. The van der Waals surface area contributed by atoms with Crippen molar-refractivity contribution < 1.29 is 4.79 Å². The molecule has 1 saturated heterocycles. The second-order valence-corrected chi connectivity index (χ2v) is 10.7. The molecule has 1 fully saturated rings. The van der Waals surface area contributed by atoms with Crippen LogP contribution in [-0.4, -0.2) is 47.0 Å². The van der Waals surface area contributed by atoms with Crippen LogP contribution in [0, 0.1) is 0 Å². The van der Waals surface area contributed by atoms with Gasteiger partial charge in [0, 0.05) is 31.1 Å². The highest BCUT2D eigenvalue weighted by molar-refractivity contribution is 7.19. The van der Waals surface area contributed by atoms with Crippen LogP contribution < -0.4 is 10.6 Å². The van der Waals surface area contributed by atoms with E-state index >= 15 is 0 Å². The summed E-state index contributed by atoms with van der Waals surface area (Å²) >= 11 is 3.52. The van der Waals surface area contributed by atoms with Gasteiger partial charge in [-0.25, -0.2) is 9.97 Å². The lowest BCUT2D eigenvalue weighted by Gasteiger charge is -2.39. The summed E-state index contributed by atoms with van der Waals surface area (Å²) in [6.07, 6.45) is 3.48. The second-order valence-electron chi connectivity index (χ2n) is 8.62. The first-order valence-corrected chi connectivity index (χ1v) is 13.1. The second kappa shape index (κ2) is 8.52. The highest BCUT2D eigenvalue weighted by Gasteiger charge is 2.31. The molecule has 6 rings (SSSR count). The number of thiophene rings is 2. The Bertz CT molecular complexity index is 1290. The lowest BCUT2D eigenvalue weighted by molar-refractivity contribution is -0.123. The minimum atomic E-state index is -0.397. The third-order valence-electron chi connectivity index (χ3n) is 6.65. The number of nitrogens with two attached hydrogens (primary N) is 1. The number of aromatic nitrogens is 2. The Hall–Kier alpha value is -2.81. The zero-order chi connectivity index (χ0) is 22.4. The lowest BCUT2D eigenvalue weighted by Crippen LogP contribution is -2.50. The average Bonchev–Trinajstić information content (AvgIpc) is 3.57. The van der Waals surface area contributed by atoms with E-state index in [9.17, 15) is 4.79 Å². The van der Waals surface area contributed by atoms with Crippen molar-refractivity contribution in [1.82, 2.24) is 14.9 Å². The fourth-order valence-corrected chi connectivity index (χ4v) is 7.02. The minimum absolute atomic E-state index is 0.297. The SMILES string of the molecule is NC(=O)[C@@H](c1ccccc1)N1CCN(c2nc(-c3cccs3)nc3sc4c(c23)CCC4)CC1. The van der Waals surface area contributed by atoms with Gasteiger partial charge < -0.3 is 10.6 Å². The number of piperazine rings is 1. The summed E-state index contributed by atoms with van der Waals surface area (Å²) in [5, 5.41) is 3.32. The molecule has 1 atom stereocenters. The molecule has 2 aliphatic rings. The number of benzene rings is 1. The molecule has 0 radical (unpaired) electrons. The van der Waals surface area contributed by atoms with Crippen molar-refractivity contribution in [2.75, 3.05) is 31.1 Å². The maximum absolute atomic E-state index is 12.3. The van der Waals surface area contributed by atoms with E-state index in [1.165, 1.54) is 22.2 Å². The van der Waals surface area contributed by atoms with Gasteiger partial charge in [-0.2, -0.15) is 0 Å². The van der Waals surface area contributed by atoms with Gasteiger partial charge >= 0.3 is 0 Å². The summed E-state index contributed by atoms with van der Waals surface area (Å²) in [5.41, 5.74) is 8.23. The first-order valence-electron chi connectivity index (χ1n) is 11.4. The molecule has 6 nitrogen and oxygen atoms in total. The fourth-order valence-electron chi connectivity index (χ4n) is 5.10. The summed E-state index contributed by atoms with van der Waals surface area (Å²) < 4.78 is 0. The monoisotopic (exact) mass is 475 g/mol. The van der Waals surface area contributed by atoms with Crippen molar-refractivity contribution in [2.45, 2.75) is 25.3 Å². The number of aryl methyl sites for hydroxylation is 2. The molecule has 0 saturated carbocycles. The van der Waals surface area contributed by atoms with Gasteiger partial charge in [-0.05, 0) is 41.8 Å². The van der Waals surface area contributed by atoms with Crippen molar-refractivity contribution in [3.8, 4) is 10.7 Å². The van der Waals surface area contributed by atoms with E-state index in [1.807, 2.05) is 47.7 Å². The Morgan fingerprint density at radius 2 is 1.82 bits per heavy atom. The summed E-state index contributed by atoms with van der Waals surface area (Å²) in [4.78, 5) is 30.7. The van der Waals surface area contributed by atoms with Crippen molar-refractivity contribution in [3.05, 3.63) is 63.8 Å². The minimum Gasteiger partial charge on any atom is -0.368 e. The van der Waals surface area contributed by atoms with E-state index in [0.29, 0.717) is 0 Å². The first-order chi connectivity index (χ1) is 16.2. The number of hydrogen-bond acceptors (Lipinski definition) is 7. The maximum Gasteiger partial charge on any atom is 0.239 e. The molecule has 168 valence electrons. The number of carbonyl (C=O) groups is 1. The third-order valence-corrected chi connectivity index (χ3v) is 8.70. The maximum atomic E-state index is 12.3. The Balaban J connectivity index is 1.33. The molecule has 0 spiro atoms. The Morgan fingerprint density at radius 3 is 2.55 bits per heavy atom. The van der Waals surface area contributed by atoms with Crippen LogP contribution in [0.3, 0.4) is 0 Å². The molecule has 1 aliphatic carbocycles. The third kappa shape index (κ3) is 3.72. The van der Waals surface area contributed by atoms with Crippen LogP contribution in [-0.2, 0) is 17.6 Å². The fraction of sp³-hybridized carbons (Fsp3) is 0.320.